The highest BCUT2D eigenvalue weighted by atomic mass is 32.2. The van der Waals surface area contributed by atoms with Crippen molar-refractivity contribution in [3.05, 3.63) is 77.5 Å². The molecule has 0 bridgehead atoms. The van der Waals surface area contributed by atoms with Crippen molar-refractivity contribution in [2.24, 2.45) is 0 Å². The van der Waals surface area contributed by atoms with Gasteiger partial charge in [-0.1, -0.05) is 71.2 Å². The number of rotatable bonds is 21. The normalized spacial score (nSPS) is 17.4. The van der Waals surface area contributed by atoms with Crippen LogP contribution in [0.25, 0.3) is 0 Å². The maximum atomic E-state index is 14.2. The van der Waals surface area contributed by atoms with Crippen molar-refractivity contribution in [3.8, 4) is 12.3 Å². The summed E-state index contributed by atoms with van der Waals surface area (Å²) < 4.78 is 38.2. The SMILES string of the molecule is C#CCC(NC(=O)NC(CCCCNC(=O)C(CCCC)N1/C(=C\C=C\C2=[N+](CCCC)c3ccc(S(=O)(=O)[O-])cc3C2(C)C)C(C)(C)c2ccccc21)C(=O)O)C(=O)O. The van der Waals surface area contributed by atoms with Crippen LogP contribution in [0.15, 0.2) is 71.3 Å². The van der Waals surface area contributed by atoms with E-state index in [-0.39, 0.29) is 30.2 Å². The monoisotopic (exact) mass is 845 g/mol. The van der Waals surface area contributed by atoms with Crippen LogP contribution in [-0.2, 0) is 35.3 Å². The van der Waals surface area contributed by atoms with E-state index < -0.39 is 57.0 Å². The third kappa shape index (κ3) is 10.8. The number of amides is 3. The standard InChI is InChI=1S/C45H59N5O9S/c1-8-11-21-37(40(51)46-27-16-15-20-34(42(54)55)48-43(56)47-33(18-10-3)41(52)53)50-36-22-14-13-19-31(36)44(4,5)39(50)24-17-23-38-45(6,7)32-29-30(60(57,58)59)25-26-35(32)49(38)28-12-9-2/h3,13-14,17,19,22-26,29,33-34,37H,8-9,11-12,15-16,18,20-21,27-28H2,1-2,4-7H3,(H5-,46,47,48,51,52,53,54,55,56,57,58,59). The van der Waals surface area contributed by atoms with Gasteiger partial charge in [-0.15, -0.1) is 12.3 Å². The van der Waals surface area contributed by atoms with Crippen molar-refractivity contribution in [2.75, 3.05) is 18.0 Å². The summed E-state index contributed by atoms with van der Waals surface area (Å²) in [5.74, 6) is -0.630. The highest BCUT2D eigenvalue weighted by molar-refractivity contribution is 7.85. The lowest BCUT2D eigenvalue weighted by Crippen LogP contribution is -2.51. The Labute approximate surface area is 354 Å². The van der Waals surface area contributed by atoms with Crippen LogP contribution in [0.1, 0.15) is 110 Å². The van der Waals surface area contributed by atoms with Crippen LogP contribution < -0.4 is 20.9 Å². The number of hydrogen-bond acceptors (Lipinski definition) is 8. The number of anilines is 1. The van der Waals surface area contributed by atoms with E-state index in [9.17, 15) is 42.4 Å². The quantitative estimate of drug-likeness (QED) is 0.0424. The minimum absolute atomic E-state index is 0.0490. The molecule has 2 aromatic carbocycles. The molecule has 0 aromatic heterocycles. The van der Waals surface area contributed by atoms with Gasteiger partial charge in [0.25, 0.3) is 0 Å². The van der Waals surface area contributed by atoms with Gasteiger partial charge in [-0.25, -0.2) is 22.8 Å². The molecule has 0 aliphatic carbocycles. The molecule has 0 radical (unpaired) electrons. The molecule has 2 heterocycles. The molecule has 15 heteroatoms. The second kappa shape index (κ2) is 20.2. The number of carbonyl (C=O) groups excluding carboxylic acids is 2. The summed E-state index contributed by atoms with van der Waals surface area (Å²) in [6.07, 6.45) is 15.9. The molecule has 5 N–H and O–H groups in total. The molecule has 2 aliphatic rings. The van der Waals surface area contributed by atoms with Gasteiger partial charge in [0.15, 0.2) is 5.71 Å². The van der Waals surface area contributed by atoms with Crippen LogP contribution in [0, 0.1) is 12.3 Å². The largest absolute Gasteiger partial charge is 0.744 e. The van der Waals surface area contributed by atoms with Crippen molar-refractivity contribution in [1.29, 1.82) is 0 Å². The van der Waals surface area contributed by atoms with Crippen molar-refractivity contribution in [3.63, 3.8) is 0 Å². The first-order chi connectivity index (χ1) is 28.3. The van der Waals surface area contributed by atoms with Gasteiger partial charge >= 0.3 is 18.0 Å². The van der Waals surface area contributed by atoms with E-state index in [1.807, 2.05) is 50.3 Å². The number of fused-ring (bicyclic) bond motifs is 2. The number of carboxylic acid groups (broad SMARTS) is 2. The van der Waals surface area contributed by atoms with Gasteiger partial charge in [0.05, 0.1) is 10.3 Å². The Bertz CT molecular complexity index is 2190. The van der Waals surface area contributed by atoms with Crippen LogP contribution in [0.3, 0.4) is 0 Å². The Hall–Kier alpha value is -5.46. The smallest absolute Gasteiger partial charge is 0.327 e. The number of terminal acetylenes is 1. The minimum Gasteiger partial charge on any atom is -0.744 e. The van der Waals surface area contributed by atoms with E-state index >= 15 is 0 Å². The molecule has 324 valence electrons. The first-order valence-corrected chi connectivity index (χ1v) is 22.0. The number of carboxylic acids is 2. The number of aliphatic carboxylic acids is 2. The fourth-order valence-corrected chi connectivity index (χ4v) is 8.51. The zero-order valence-electron chi connectivity index (χ0n) is 35.4. The molecule has 60 heavy (non-hydrogen) atoms. The van der Waals surface area contributed by atoms with E-state index in [2.05, 4.69) is 65.1 Å². The van der Waals surface area contributed by atoms with Gasteiger partial charge in [0.1, 0.15) is 34.8 Å². The molecule has 3 atom stereocenters. The molecule has 2 aromatic rings. The zero-order valence-corrected chi connectivity index (χ0v) is 36.2. The molecule has 3 amide bonds. The van der Waals surface area contributed by atoms with Crippen molar-refractivity contribution in [1.82, 2.24) is 16.0 Å². The van der Waals surface area contributed by atoms with Crippen molar-refractivity contribution in [2.45, 2.75) is 133 Å². The van der Waals surface area contributed by atoms with Crippen LogP contribution in [0.5, 0.6) is 0 Å². The third-order valence-corrected chi connectivity index (χ3v) is 12.2. The van der Waals surface area contributed by atoms with Gasteiger partial charge in [0, 0.05) is 53.9 Å². The topological polar surface area (TPSA) is 208 Å². The average molecular weight is 846 g/mol. The summed E-state index contributed by atoms with van der Waals surface area (Å²) in [7, 11) is -4.65. The Morgan fingerprint density at radius 3 is 2.20 bits per heavy atom. The van der Waals surface area contributed by atoms with Gasteiger partial charge in [-0.3, -0.25) is 4.79 Å². The number of benzene rings is 2. The second-order valence-electron chi connectivity index (χ2n) is 16.3. The Balaban J connectivity index is 1.58. The maximum Gasteiger partial charge on any atom is 0.327 e. The van der Waals surface area contributed by atoms with Crippen LogP contribution in [0.4, 0.5) is 16.2 Å². The number of unbranched alkanes of at least 4 members (excludes halogenated alkanes) is 3. The summed E-state index contributed by atoms with van der Waals surface area (Å²) in [6.45, 7) is 13.4. The van der Waals surface area contributed by atoms with E-state index in [0.29, 0.717) is 25.8 Å². The van der Waals surface area contributed by atoms with E-state index in [4.69, 9.17) is 6.42 Å². The summed E-state index contributed by atoms with van der Waals surface area (Å²) in [5, 5.41) is 26.5. The summed E-state index contributed by atoms with van der Waals surface area (Å²) >= 11 is 0. The highest BCUT2D eigenvalue weighted by Gasteiger charge is 2.46. The zero-order chi connectivity index (χ0) is 44.4. The van der Waals surface area contributed by atoms with Gasteiger partial charge in [-0.05, 0) is 69.4 Å². The second-order valence-corrected chi connectivity index (χ2v) is 17.7. The van der Waals surface area contributed by atoms with Gasteiger partial charge in [-0.2, -0.15) is 4.58 Å². The number of nitrogens with one attached hydrogen (secondary N) is 3. The van der Waals surface area contributed by atoms with Gasteiger partial charge in [0.2, 0.25) is 11.6 Å². The number of allylic oxidation sites excluding steroid dienone is 4. The summed E-state index contributed by atoms with van der Waals surface area (Å²) in [6, 6.07) is 8.45. The first kappa shape index (κ1) is 47.2. The van der Waals surface area contributed by atoms with E-state index in [0.717, 1.165) is 59.6 Å². The maximum absolute atomic E-state index is 14.2. The fourth-order valence-electron chi connectivity index (χ4n) is 8.01. The number of urea groups is 1. The van der Waals surface area contributed by atoms with Crippen LogP contribution in [-0.4, -0.2) is 88.6 Å². The fraction of sp³-hybridized carbons (Fsp3) is 0.489. The molecular formula is C45H59N5O9S. The van der Waals surface area contributed by atoms with Gasteiger partial charge < -0.3 is 35.6 Å². The minimum atomic E-state index is -4.65. The lowest BCUT2D eigenvalue weighted by atomic mass is 9.81. The predicted octanol–water partition coefficient (Wildman–Crippen LogP) is 6.08. The molecule has 0 fully saturated rings. The van der Waals surface area contributed by atoms with Crippen LogP contribution in [0.2, 0.25) is 0 Å². The lowest BCUT2D eigenvalue weighted by Gasteiger charge is -2.33. The van der Waals surface area contributed by atoms with E-state index in [1.165, 1.54) is 12.1 Å². The van der Waals surface area contributed by atoms with Crippen molar-refractivity contribution < 1.29 is 46.9 Å². The summed E-state index contributed by atoms with van der Waals surface area (Å²) in [4.78, 5) is 51.7. The molecule has 0 saturated carbocycles. The molecule has 0 spiro atoms. The summed E-state index contributed by atoms with van der Waals surface area (Å²) in [5.41, 5.74) is 4.40. The number of nitrogens with zero attached hydrogens (tertiary/aromatic N) is 2. The molecule has 3 unspecified atom stereocenters. The Kier molecular flexibility index (Phi) is 15.9. The number of carbonyl (C=O) groups is 4. The predicted molar refractivity (Wildman–Crippen MR) is 229 cm³/mol. The Morgan fingerprint density at radius 1 is 0.900 bits per heavy atom. The molecule has 4 rings (SSSR count). The van der Waals surface area contributed by atoms with E-state index in [1.54, 1.807) is 6.07 Å². The third-order valence-electron chi connectivity index (χ3n) is 11.3. The average Bonchev–Trinajstić information content (AvgIpc) is 3.54. The highest BCUT2D eigenvalue weighted by Crippen LogP contribution is 2.49. The number of para-hydroxylation sites is 1. The Morgan fingerprint density at radius 2 is 1.57 bits per heavy atom. The van der Waals surface area contributed by atoms with Crippen molar-refractivity contribution >= 4 is 51.1 Å². The molecule has 0 saturated heterocycles. The molecular weight excluding hydrogens is 787 g/mol. The first-order valence-electron chi connectivity index (χ1n) is 20.6. The molecule has 14 nitrogen and oxygen atoms in total. The number of hydrogen-bond donors (Lipinski definition) is 5. The van der Waals surface area contributed by atoms with Crippen LogP contribution >= 0.6 is 0 Å². The lowest BCUT2D eigenvalue weighted by molar-refractivity contribution is -0.438. The molecule has 2 aliphatic heterocycles.